The third kappa shape index (κ3) is 5.57. The van der Waals surface area contributed by atoms with Gasteiger partial charge in [0.15, 0.2) is 11.0 Å². The molecule has 2 aromatic heterocycles. The summed E-state index contributed by atoms with van der Waals surface area (Å²) in [6.07, 6.45) is -1.69. The number of rotatable bonds is 7. The van der Waals surface area contributed by atoms with Crippen molar-refractivity contribution in [2.45, 2.75) is 24.8 Å². The van der Waals surface area contributed by atoms with Gasteiger partial charge in [0.1, 0.15) is 6.54 Å². The molecule has 0 saturated heterocycles. The summed E-state index contributed by atoms with van der Waals surface area (Å²) in [7, 11) is 0. The molecule has 1 amide bonds. The van der Waals surface area contributed by atoms with Crippen molar-refractivity contribution >= 4 is 29.0 Å². The van der Waals surface area contributed by atoms with Crippen LogP contribution in [0.15, 0.2) is 47.9 Å². The van der Waals surface area contributed by atoms with Gasteiger partial charge in [-0.25, -0.2) is 0 Å². The summed E-state index contributed by atoms with van der Waals surface area (Å²) in [5.74, 6) is -0.827. The summed E-state index contributed by atoms with van der Waals surface area (Å²) < 4.78 is 40.2. The van der Waals surface area contributed by atoms with Crippen molar-refractivity contribution in [3.8, 4) is 11.4 Å². The van der Waals surface area contributed by atoms with Crippen molar-refractivity contribution in [2.24, 2.45) is 0 Å². The van der Waals surface area contributed by atoms with E-state index in [0.29, 0.717) is 5.56 Å². The van der Waals surface area contributed by atoms with E-state index in [1.54, 1.807) is 0 Å². The number of benzene rings is 1. The van der Waals surface area contributed by atoms with Gasteiger partial charge >= 0.3 is 6.18 Å². The molecule has 0 bridgehead atoms. The fourth-order valence-electron chi connectivity index (χ4n) is 2.70. The summed E-state index contributed by atoms with van der Waals surface area (Å²) in [4.78, 5) is 26.6. The number of carbonyl (C=O) groups is 1. The van der Waals surface area contributed by atoms with Crippen molar-refractivity contribution in [2.75, 3.05) is 11.1 Å². The van der Waals surface area contributed by atoms with Crippen LogP contribution >= 0.6 is 11.8 Å². The number of nitro groups is 1. The van der Waals surface area contributed by atoms with Crippen molar-refractivity contribution in [3.05, 3.63) is 58.4 Å². The molecule has 1 N–H and O–H groups in total. The van der Waals surface area contributed by atoms with Crippen LogP contribution in [0.5, 0.6) is 0 Å². The number of thioether (sulfide) groups is 1. The average Bonchev–Trinajstić information content (AvgIpc) is 3.09. The fraction of sp³-hybridized carbons (Fsp3) is 0.222. The van der Waals surface area contributed by atoms with E-state index in [9.17, 15) is 28.1 Å². The third-order valence-corrected chi connectivity index (χ3v) is 5.07. The highest BCUT2D eigenvalue weighted by atomic mass is 32.2. The number of pyridine rings is 1. The molecule has 13 heteroatoms. The molecule has 0 aliphatic carbocycles. The Morgan fingerprint density at radius 1 is 1.23 bits per heavy atom. The molecule has 162 valence electrons. The highest BCUT2D eigenvalue weighted by molar-refractivity contribution is 7.99. The number of alkyl halides is 3. The number of aromatic nitrogens is 4. The minimum atomic E-state index is -4.53. The molecule has 3 aromatic rings. The van der Waals surface area contributed by atoms with Gasteiger partial charge in [-0.3, -0.25) is 24.5 Å². The van der Waals surface area contributed by atoms with Crippen LogP contribution in [0.2, 0.25) is 0 Å². The number of hydrogen-bond donors (Lipinski definition) is 1. The van der Waals surface area contributed by atoms with Gasteiger partial charge in [0.05, 0.1) is 21.9 Å². The van der Waals surface area contributed by atoms with Crippen molar-refractivity contribution < 1.29 is 22.9 Å². The van der Waals surface area contributed by atoms with Crippen LogP contribution in [-0.2, 0) is 11.3 Å². The molecular weight excluding hydrogens is 437 g/mol. The van der Waals surface area contributed by atoms with Crippen molar-refractivity contribution in [1.82, 2.24) is 19.7 Å². The van der Waals surface area contributed by atoms with E-state index in [4.69, 9.17) is 0 Å². The van der Waals surface area contributed by atoms with Gasteiger partial charge in [-0.1, -0.05) is 17.8 Å². The molecule has 0 saturated carbocycles. The molecule has 2 heterocycles. The van der Waals surface area contributed by atoms with E-state index >= 15 is 0 Å². The maximum absolute atomic E-state index is 13.1. The lowest BCUT2D eigenvalue weighted by molar-refractivity contribution is -0.385. The van der Waals surface area contributed by atoms with Gasteiger partial charge < -0.3 is 5.32 Å². The zero-order valence-electron chi connectivity index (χ0n) is 16.0. The summed E-state index contributed by atoms with van der Waals surface area (Å²) >= 11 is 0.775. The highest BCUT2D eigenvalue weighted by Gasteiger charge is 2.31. The molecular formula is C18H15F3N6O3S. The number of nitrogens with one attached hydrogen (secondary N) is 1. The van der Waals surface area contributed by atoms with Gasteiger partial charge in [0.2, 0.25) is 5.91 Å². The monoisotopic (exact) mass is 452 g/mol. The molecule has 31 heavy (non-hydrogen) atoms. The Labute approximate surface area is 177 Å². The van der Waals surface area contributed by atoms with Crippen LogP contribution in [0.25, 0.3) is 11.4 Å². The Kier molecular flexibility index (Phi) is 6.53. The van der Waals surface area contributed by atoms with Crippen molar-refractivity contribution in [3.63, 3.8) is 0 Å². The number of anilines is 1. The first kappa shape index (κ1) is 22.2. The smallest absolute Gasteiger partial charge is 0.325 e. The maximum Gasteiger partial charge on any atom is 0.406 e. The zero-order chi connectivity index (χ0) is 22.6. The van der Waals surface area contributed by atoms with Crippen LogP contribution in [-0.4, -0.2) is 42.5 Å². The second kappa shape index (κ2) is 9.12. The van der Waals surface area contributed by atoms with Gasteiger partial charge in [0.25, 0.3) is 5.69 Å². The Bertz CT molecular complexity index is 1100. The predicted octanol–water partition coefficient (Wildman–Crippen LogP) is 3.85. The lowest BCUT2D eigenvalue weighted by Crippen LogP contribution is -2.20. The quantitative estimate of drug-likeness (QED) is 0.329. The second-order valence-electron chi connectivity index (χ2n) is 6.29. The summed E-state index contributed by atoms with van der Waals surface area (Å²) in [5, 5.41) is 21.1. The maximum atomic E-state index is 13.1. The Balaban J connectivity index is 1.77. The van der Waals surface area contributed by atoms with Crippen molar-refractivity contribution in [1.29, 1.82) is 0 Å². The number of nitro benzene ring substituents is 1. The first-order chi connectivity index (χ1) is 14.7. The first-order valence-corrected chi connectivity index (χ1v) is 9.71. The summed E-state index contributed by atoms with van der Waals surface area (Å²) in [6.45, 7) is 0.160. The minimum Gasteiger partial charge on any atom is -0.325 e. The van der Waals surface area contributed by atoms with E-state index < -0.39 is 23.6 Å². The number of carbonyl (C=O) groups excluding carboxylic acids is 1. The second-order valence-corrected chi connectivity index (χ2v) is 7.23. The molecule has 9 nitrogen and oxygen atoms in total. The van der Waals surface area contributed by atoms with Gasteiger partial charge in [-0.05, 0) is 25.1 Å². The highest BCUT2D eigenvalue weighted by Crippen LogP contribution is 2.29. The Morgan fingerprint density at radius 3 is 2.58 bits per heavy atom. The normalized spacial score (nSPS) is 11.4. The standard InChI is InChI=1S/C18H15F3N6O3S/c1-11-13(3-2-4-14(11)27(29)30)23-15(28)9-31-17-25-24-16(12-5-7-22-8-6-12)26(17)10-18(19,20)21/h2-8H,9-10H2,1H3,(H,23,28). The van der Waals surface area contributed by atoms with Gasteiger partial charge in [0, 0.05) is 24.0 Å². The zero-order valence-corrected chi connectivity index (χ0v) is 16.8. The fourth-order valence-corrected chi connectivity index (χ4v) is 3.44. The van der Waals surface area contributed by atoms with E-state index in [0.717, 1.165) is 16.3 Å². The molecule has 0 aliphatic heterocycles. The van der Waals surface area contributed by atoms with Crippen LogP contribution in [0.4, 0.5) is 24.5 Å². The molecule has 3 rings (SSSR count). The van der Waals surface area contributed by atoms with Crippen LogP contribution in [0, 0.1) is 17.0 Å². The minimum absolute atomic E-state index is 0.00263. The van der Waals surface area contributed by atoms with E-state index in [-0.39, 0.29) is 33.7 Å². The number of nitrogens with zero attached hydrogens (tertiary/aromatic N) is 5. The molecule has 1 aromatic carbocycles. The first-order valence-electron chi connectivity index (χ1n) is 8.72. The molecule has 0 radical (unpaired) electrons. The molecule has 0 atom stereocenters. The third-order valence-electron chi connectivity index (χ3n) is 4.10. The summed E-state index contributed by atoms with van der Waals surface area (Å²) in [5.41, 5.74) is 0.757. The molecule has 0 aliphatic rings. The van der Waals surface area contributed by atoms with E-state index in [2.05, 4.69) is 20.5 Å². The predicted molar refractivity (Wildman–Crippen MR) is 106 cm³/mol. The Hall–Kier alpha value is -3.48. The van der Waals surface area contributed by atoms with E-state index in [1.165, 1.54) is 49.6 Å². The number of hydrogen-bond acceptors (Lipinski definition) is 7. The largest absolute Gasteiger partial charge is 0.406 e. The van der Waals surface area contributed by atoms with E-state index in [1.807, 2.05) is 0 Å². The topological polar surface area (TPSA) is 116 Å². The molecule has 0 unspecified atom stereocenters. The molecule has 0 fully saturated rings. The summed E-state index contributed by atoms with van der Waals surface area (Å²) in [6, 6.07) is 7.24. The number of amides is 1. The molecule has 0 spiro atoms. The average molecular weight is 452 g/mol. The van der Waals surface area contributed by atoms with Gasteiger partial charge in [-0.2, -0.15) is 13.2 Å². The lowest BCUT2D eigenvalue weighted by Gasteiger charge is -2.13. The SMILES string of the molecule is Cc1c(NC(=O)CSc2nnc(-c3ccncc3)n2CC(F)(F)F)cccc1[N+](=O)[O-]. The van der Waals surface area contributed by atoms with Gasteiger partial charge in [-0.15, -0.1) is 10.2 Å². The number of halogens is 3. The Morgan fingerprint density at radius 2 is 1.94 bits per heavy atom. The van der Waals surface area contributed by atoms with Crippen LogP contribution in [0.3, 0.4) is 0 Å². The lowest BCUT2D eigenvalue weighted by atomic mass is 10.1. The van der Waals surface area contributed by atoms with Crippen LogP contribution < -0.4 is 5.32 Å². The van der Waals surface area contributed by atoms with Crippen LogP contribution in [0.1, 0.15) is 5.56 Å².